The highest BCUT2D eigenvalue weighted by molar-refractivity contribution is 9.10. The predicted molar refractivity (Wildman–Crippen MR) is 62.3 cm³/mol. The van der Waals surface area contributed by atoms with Gasteiger partial charge in [0.25, 0.3) is 0 Å². The minimum atomic E-state index is -0.141. The van der Waals surface area contributed by atoms with Gasteiger partial charge in [-0.05, 0) is 52.3 Å². The first kappa shape index (κ1) is 11.9. The van der Waals surface area contributed by atoms with E-state index in [1.165, 1.54) is 7.14 Å². The highest BCUT2D eigenvalue weighted by atomic mass is 127. The number of rotatable bonds is 3. The van der Waals surface area contributed by atoms with Crippen molar-refractivity contribution in [2.24, 2.45) is 0 Å². The molecule has 4 heteroatoms. The first-order valence-electron chi connectivity index (χ1n) is 4.68. The Morgan fingerprint density at radius 1 is 1.06 bits per heavy atom. The van der Waals surface area contributed by atoms with Crippen LogP contribution in [0.25, 0.3) is 0 Å². The van der Waals surface area contributed by atoms with Crippen LogP contribution in [-0.2, 0) is 0 Å². The molecule has 1 aromatic heterocycles. The van der Waals surface area contributed by atoms with Crippen LogP contribution in [0.5, 0.6) is 5.75 Å². The molecule has 0 unspecified atom stereocenters. The average molecular weight is 391 g/mol. The van der Waals surface area contributed by atoms with E-state index in [4.69, 9.17) is 4.74 Å². The van der Waals surface area contributed by atoms with Crippen molar-refractivity contribution in [1.29, 1.82) is 0 Å². The largest absolute Gasteiger partial charge is 0.497 e. The van der Waals surface area contributed by atoms with Gasteiger partial charge in [-0.1, -0.05) is 0 Å². The summed E-state index contributed by atoms with van der Waals surface area (Å²) >= 11 is 3.19. The summed E-state index contributed by atoms with van der Waals surface area (Å²) in [5, 5.41) is 0. The Labute approximate surface area is 113 Å². The van der Waals surface area contributed by atoms with Gasteiger partial charge in [-0.3, -0.25) is 0 Å². The Morgan fingerprint density at radius 3 is 2.31 bits per heavy atom. The van der Waals surface area contributed by atoms with Crippen LogP contribution >= 0.6 is 15.9 Å². The van der Waals surface area contributed by atoms with E-state index in [0.29, 0.717) is 0 Å². The standard InChI is InChI=1S/C12H10BrINO/c1-16-11-5-2-9(3-6-11)14-10-4-7-12(13)15-8-10/h2-8H,1H3/q+1. The van der Waals surface area contributed by atoms with Crippen molar-refractivity contribution in [3.8, 4) is 5.75 Å². The van der Waals surface area contributed by atoms with Crippen molar-refractivity contribution in [2.45, 2.75) is 0 Å². The van der Waals surface area contributed by atoms with Crippen molar-refractivity contribution in [1.82, 2.24) is 4.98 Å². The van der Waals surface area contributed by atoms with Crippen molar-refractivity contribution in [3.05, 3.63) is 54.3 Å². The van der Waals surface area contributed by atoms with Crippen LogP contribution in [0.2, 0.25) is 0 Å². The number of aromatic nitrogens is 1. The number of hydrogen-bond donors (Lipinski definition) is 0. The second kappa shape index (κ2) is 5.63. The van der Waals surface area contributed by atoms with Crippen LogP contribution in [0, 0.1) is 7.14 Å². The molecule has 16 heavy (non-hydrogen) atoms. The van der Waals surface area contributed by atoms with E-state index in [1.54, 1.807) is 7.11 Å². The van der Waals surface area contributed by atoms with E-state index in [9.17, 15) is 0 Å². The molecule has 0 saturated heterocycles. The van der Waals surface area contributed by atoms with Gasteiger partial charge < -0.3 is 4.74 Å². The SMILES string of the molecule is COc1ccc([I+]c2ccc(Br)nc2)cc1. The molecule has 2 rings (SSSR count). The molecule has 0 amide bonds. The van der Waals surface area contributed by atoms with Crippen molar-refractivity contribution in [3.63, 3.8) is 0 Å². The van der Waals surface area contributed by atoms with Gasteiger partial charge in [-0.15, -0.1) is 0 Å². The molecule has 0 bridgehead atoms. The van der Waals surface area contributed by atoms with Gasteiger partial charge in [0, 0.05) is 0 Å². The van der Waals surface area contributed by atoms with Crippen LogP contribution in [0.4, 0.5) is 0 Å². The van der Waals surface area contributed by atoms with Gasteiger partial charge in [-0.25, -0.2) is 4.98 Å². The Kier molecular flexibility index (Phi) is 4.17. The minimum absolute atomic E-state index is 0.141. The quantitative estimate of drug-likeness (QED) is 0.543. The normalized spacial score (nSPS) is 10.1. The summed E-state index contributed by atoms with van der Waals surface area (Å²) in [4.78, 5) is 4.23. The van der Waals surface area contributed by atoms with Gasteiger partial charge in [0.15, 0.2) is 3.57 Å². The second-order valence-electron chi connectivity index (χ2n) is 3.05. The third kappa shape index (κ3) is 3.18. The monoisotopic (exact) mass is 390 g/mol. The molecule has 0 aliphatic carbocycles. The fraction of sp³-hybridized carbons (Fsp3) is 0.0833. The zero-order chi connectivity index (χ0) is 11.4. The summed E-state index contributed by atoms with van der Waals surface area (Å²) in [6.07, 6.45) is 1.93. The maximum Gasteiger partial charge on any atom is 0.359 e. The molecular formula is C12H10BrINO+. The molecule has 0 spiro atoms. The Bertz CT molecular complexity index is 455. The fourth-order valence-corrected chi connectivity index (χ4v) is 3.48. The summed E-state index contributed by atoms with van der Waals surface area (Å²) in [6, 6.07) is 12.3. The maximum atomic E-state index is 5.13. The zero-order valence-corrected chi connectivity index (χ0v) is 12.4. The van der Waals surface area contributed by atoms with E-state index >= 15 is 0 Å². The number of pyridine rings is 1. The number of hydrogen-bond acceptors (Lipinski definition) is 2. The lowest BCUT2D eigenvalue weighted by Gasteiger charge is -1.95. The van der Waals surface area contributed by atoms with E-state index in [2.05, 4.69) is 39.1 Å². The predicted octanol–water partition coefficient (Wildman–Crippen LogP) is -0.0189. The van der Waals surface area contributed by atoms with E-state index < -0.39 is 0 Å². The van der Waals surface area contributed by atoms with Crippen molar-refractivity contribution >= 4 is 15.9 Å². The smallest absolute Gasteiger partial charge is 0.359 e. The Morgan fingerprint density at radius 2 is 1.75 bits per heavy atom. The summed E-state index contributed by atoms with van der Waals surface area (Å²) in [7, 11) is 1.68. The van der Waals surface area contributed by atoms with Crippen molar-refractivity contribution in [2.75, 3.05) is 7.11 Å². The summed E-state index contributed by atoms with van der Waals surface area (Å²) in [6.45, 7) is 0. The second-order valence-corrected chi connectivity index (χ2v) is 6.89. The first-order chi connectivity index (χ1) is 7.78. The Hall–Kier alpha value is -0.620. The van der Waals surface area contributed by atoms with E-state index in [1.807, 2.05) is 24.4 Å². The Balaban J connectivity index is 2.11. The summed E-state index contributed by atoms with van der Waals surface area (Å²) < 4.78 is 8.69. The van der Waals surface area contributed by atoms with E-state index in [0.717, 1.165) is 10.4 Å². The molecule has 1 heterocycles. The van der Waals surface area contributed by atoms with Gasteiger partial charge in [0.2, 0.25) is 3.57 Å². The molecule has 2 aromatic rings. The maximum absolute atomic E-state index is 5.13. The van der Waals surface area contributed by atoms with Gasteiger partial charge in [0.1, 0.15) is 10.4 Å². The number of ether oxygens (including phenoxy) is 1. The topological polar surface area (TPSA) is 22.1 Å². The number of benzene rings is 1. The van der Waals surface area contributed by atoms with Gasteiger partial charge in [-0.2, -0.15) is 0 Å². The lowest BCUT2D eigenvalue weighted by Crippen LogP contribution is -3.61. The highest BCUT2D eigenvalue weighted by Crippen LogP contribution is 2.06. The number of halogens is 2. The summed E-state index contributed by atoms with van der Waals surface area (Å²) in [5.41, 5.74) is 0. The van der Waals surface area contributed by atoms with Crippen LogP contribution in [0.3, 0.4) is 0 Å². The minimum Gasteiger partial charge on any atom is -0.497 e. The molecule has 0 aliphatic heterocycles. The molecule has 0 saturated carbocycles. The molecule has 0 radical (unpaired) electrons. The zero-order valence-electron chi connectivity index (χ0n) is 8.65. The molecular weight excluding hydrogens is 381 g/mol. The molecule has 1 aromatic carbocycles. The molecule has 0 aliphatic rings. The fourth-order valence-electron chi connectivity index (χ4n) is 1.17. The van der Waals surface area contributed by atoms with E-state index in [-0.39, 0.29) is 21.2 Å². The summed E-state index contributed by atoms with van der Waals surface area (Å²) in [5.74, 6) is 0.904. The first-order valence-corrected chi connectivity index (χ1v) is 7.63. The van der Waals surface area contributed by atoms with Gasteiger partial charge in [0.05, 0.1) is 13.3 Å². The third-order valence-corrected chi connectivity index (χ3v) is 5.03. The lowest BCUT2D eigenvalue weighted by atomic mass is 10.3. The lowest BCUT2D eigenvalue weighted by molar-refractivity contribution is -0.597. The van der Waals surface area contributed by atoms with Crippen LogP contribution in [0.1, 0.15) is 0 Å². The van der Waals surface area contributed by atoms with Crippen LogP contribution < -0.4 is 25.9 Å². The third-order valence-electron chi connectivity index (χ3n) is 1.96. The molecule has 2 nitrogen and oxygen atoms in total. The number of nitrogens with zero attached hydrogens (tertiary/aromatic N) is 1. The van der Waals surface area contributed by atoms with Crippen LogP contribution in [-0.4, -0.2) is 12.1 Å². The molecule has 0 N–H and O–H groups in total. The highest BCUT2D eigenvalue weighted by Gasteiger charge is 2.15. The molecule has 82 valence electrons. The molecule has 0 atom stereocenters. The van der Waals surface area contributed by atoms with Gasteiger partial charge >= 0.3 is 21.2 Å². The molecule has 0 fully saturated rings. The van der Waals surface area contributed by atoms with Crippen molar-refractivity contribution < 1.29 is 25.9 Å². The average Bonchev–Trinajstić information content (AvgIpc) is 2.33. The van der Waals surface area contributed by atoms with Crippen LogP contribution in [0.15, 0.2) is 47.2 Å². The number of methoxy groups -OCH3 is 1.